The van der Waals surface area contributed by atoms with Gasteiger partial charge in [-0.1, -0.05) is 45.0 Å². The van der Waals surface area contributed by atoms with E-state index < -0.39 is 0 Å². The van der Waals surface area contributed by atoms with Crippen molar-refractivity contribution >= 4 is 0 Å². The maximum atomic E-state index is 3.67. The summed E-state index contributed by atoms with van der Waals surface area (Å²) in [5.74, 6) is 0.627. The van der Waals surface area contributed by atoms with Gasteiger partial charge in [-0.2, -0.15) is 0 Å². The maximum absolute atomic E-state index is 3.67. The zero-order valence-corrected chi connectivity index (χ0v) is 13.4. The van der Waals surface area contributed by atoms with Crippen LogP contribution in [0.5, 0.6) is 0 Å². The first-order valence-corrected chi connectivity index (χ1v) is 8.23. The molecular formula is C18H30N2. The molecule has 2 heteroatoms. The zero-order chi connectivity index (χ0) is 14.4. The maximum Gasteiger partial charge on any atom is 0.0234 e. The number of benzene rings is 1. The topological polar surface area (TPSA) is 15.3 Å². The lowest BCUT2D eigenvalue weighted by Gasteiger charge is -2.33. The Bertz CT molecular complexity index is 383. The van der Waals surface area contributed by atoms with Crippen LogP contribution in [0.2, 0.25) is 0 Å². The summed E-state index contributed by atoms with van der Waals surface area (Å²) in [6, 6.07) is 9.88. The molecule has 1 saturated heterocycles. The number of nitrogens with zero attached hydrogens (tertiary/aromatic N) is 1. The van der Waals surface area contributed by atoms with E-state index in [-0.39, 0.29) is 0 Å². The van der Waals surface area contributed by atoms with Crippen LogP contribution >= 0.6 is 0 Å². The molecule has 1 aromatic carbocycles. The minimum absolute atomic E-state index is 0.627. The Morgan fingerprint density at radius 1 is 1.25 bits per heavy atom. The molecule has 0 bridgehead atoms. The highest BCUT2D eigenvalue weighted by Crippen LogP contribution is 2.17. The molecule has 0 aliphatic carbocycles. The van der Waals surface area contributed by atoms with Crippen molar-refractivity contribution in [3.05, 3.63) is 35.4 Å². The molecule has 1 aliphatic heterocycles. The highest BCUT2D eigenvalue weighted by atomic mass is 15.2. The summed E-state index contributed by atoms with van der Waals surface area (Å²) in [7, 11) is 0. The van der Waals surface area contributed by atoms with Crippen molar-refractivity contribution in [3.63, 3.8) is 0 Å². The fourth-order valence-corrected chi connectivity index (χ4v) is 2.98. The van der Waals surface area contributed by atoms with E-state index in [0.29, 0.717) is 12.0 Å². The van der Waals surface area contributed by atoms with Crippen LogP contribution < -0.4 is 5.32 Å². The summed E-state index contributed by atoms with van der Waals surface area (Å²) in [4.78, 5) is 2.60. The molecule has 0 radical (unpaired) electrons. The van der Waals surface area contributed by atoms with E-state index in [4.69, 9.17) is 0 Å². The normalized spacial score (nSPS) is 20.5. The van der Waals surface area contributed by atoms with Crippen molar-refractivity contribution < 1.29 is 0 Å². The first-order valence-electron chi connectivity index (χ1n) is 8.23. The second-order valence-electron chi connectivity index (χ2n) is 6.42. The van der Waals surface area contributed by atoms with Crippen LogP contribution in [0.4, 0.5) is 0 Å². The molecule has 0 saturated carbocycles. The number of hydrogen-bond acceptors (Lipinski definition) is 2. The Morgan fingerprint density at radius 2 is 2.00 bits per heavy atom. The van der Waals surface area contributed by atoms with Crippen molar-refractivity contribution in [2.45, 2.75) is 58.5 Å². The molecule has 1 heterocycles. The number of likely N-dealkylation sites (tertiary alicyclic amines) is 1. The van der Waals surface area contributed by atoms with Gasteiger partial charge in [-0.25, -0.2) is 0 Å². The standard InChI is InChI=1S/C18H30N2/c1-4-11-19-18-6-5-12-20(14-18)13-16-7-9-17(10-8-16)15(2)3/h7-10,15,18-19H,4-6,11-14H2,1-3H3. The Labute approximate surface area is 124 Å². The number of nitrogens with one attached hydrogen (secondary N) is 1. The van der Waals surface area contributed by atoms with E-state index in [1.165, 1.54) is 43.5 Å². The molecule has 1 fully saturated rings. The van der Waals surface area contributed by atoms with E-state index in [1.807, 2.05) is 0 Å². The molecule has 1 unspecified atom stereocenters. The van der Waals surface area contributed by atoms with Gasteiger partial charge < -0.3 is 5.32 Å². The Hall–Kier alpha value is -0.860. The lowest BCUT2D eigenvalue weighted by Crippen LogP contribution is -2.45. The molecule has 0 spiro atoms. The Morgan fingerprint density at radius 3 is 2.65 bits per heavy atom. The van der Waals surface area contributed by atoms with Crippen LogP contribution in [-0.2, 0) is 6.54 Å². The molecule has 0 aromatic heterocycles. The minimum atomic E-state index is 0.627. The molecule has 1 aromatic rings. The van der Waals surface area contributed by atoms with Crippen LogP contribution in [0.15, 0.2) is 24.3 Å². The van der Waals surface area contributed by atoms with Crippen LogP contribution in [0.3, 0.4) is 0 Å². The van der Waals surface area contributed by atoms with Crippen LogP contribution in [0.1, 0.15) is 57.1 Å². The van der Waals surface area contributed by atoms with E-state index in [1.54, 1.807) is 0 Å². The second-order valence-corrected chi connectivity index (χ2v) is 6.42. The number of hydrogen-bond donors (Lipinski definition) is 1. The fraction of sp³-hybridized carbons (Fsp3) is 0.667. The number of piperidine rings is 1. The highest BCUT2D eigenvalue weighted by Gasteiger charge is 2.19. The van der Waals surface area contributed by atoms with Crippen molar-refractivity contribution in [2.24, 2.45) is 0 Å². The van der Waals surface area contributed by atoms with Crippen LogP contribution in [0.25, 0.3) is 0 Å². The molecule has 2 rings (SSSR count). The largest absolute Gasteiger partial charge is 0.313 e. The predicted molar refractivity (Wildman–Crippen MR) is 87.1 cm³/mol. The summed E-state index contributed by atoms with van der Waals surface area (Å²) in [6.07, 6.45) is 3.89. The van der Waals surface area contributed by atoms with E-state index in [9.17, 15) is 0 Å². The third-order valence-electron chi connectivity index (χ3n) is 4.24. The predicted octanol–water partition coefficient (Wildman–Crippen LogP) is 3.77. The third kappa shape index (κ3) is 4.60. The first kappa shape index (κ1) is 15.5. The molecule has 20 heavy (non-hydrogen) atoms. The van der Waals surface area contributed by atoms with Crippen molar-refractivity contribution in [1.29, 1.82) is 0 Å². The van der Waals surface area contributed by atoms with Gasteiger partial charge in [-0.3, -0.25) is 4.90 Å². The third-order valence-corrected chi connectivity index (χ3v) is 4.24. The molecule has 0 amide bonds. The summed E-state index contributed by atoms with van der Waals surface area (Å²) in [5, 5.41) is 3.67. The van der Waals surface area contributed by atoms with Crippen molar-refractivity contribution in [1.82, 2.24) is 10.2 Å². The number of rotatable bonds is 6. The summed E-state index contributed by atoms with van der Waals surface area (Å²) < 4.78 is 0. The average molecular weight is 274 g/mol. The zero-order valence-electron chi connectivity index (χ0n) is 13.4. The van der Waals surface area contributed by atoms with Gasteiger partial charge in [0.25, 0.3) is 0 Å². The van der Waals surface area contributed by atoms with Gasteiger partial charge in [-0.15, -0.1) is 0 Å². The van der Waals surface area contributed by atoms with Gasteiger partial charge >= 0.3 is 0 Å². The van der Waals surface area contributed by atoms with Gasteiger partial charge in [0.1, 0.15) is 0 Å². The smallest absolute Gasteiger partial charge is 0.0234 e. The Balaban J connectivity index is 1.85. The van der Waals surface area contributed by atoms with Crippen LogP contribution in [-0.4, -0.2) is 30.6 Å². The first-order chi connectivity index (χ1) is 9.69. The summed E-state index contributed by atoms with van der Waals surface area (Å²) in [5.41, 5.74) is 2.89. The van der Waals surface area contributed by atoms with E-state index >= 15 is 0 Å². The second kappa shape index (κ2) is 7.80. The van der Waals surface area contributed by atoms with Gasteiger partial charge in [-0.05, 0) is 49.4 Å². The van der Waals surface area contributed by atoms with Gasteiger partial charge in [0, 0.05) is 19.1 Å². The summed E-state index contributed by atoms with van der Waals surface area (Å²) in [6.45, 7) is 11.4. The van der Waals surface area contributed by atoms with Crippen molar-refractivity contribution in [3.8, 4) is 0 Å². The molecule has 2 nitrogen and oxygen atoms in total. The van der Waals surface area contributed by atoms with E-state index in [2.05, 4.69) is 55.3 Å². The Kier molecular flexibility index (Phi) is 6.06. The SMILES string of the molecule is CCCNC1CCCN(Cc2ccc(C(C)C)cc2)C1. The van der Waals surface area contributed by atoms with Crippen LogP contribution in [0, 0.1) is 0 Å². The lowest BCUT2D eigenvalue weighted by molar-refractivity contribution is 0.183. The lowest BCUT2D eigenvalue weighted by atomic mass is 10.0. The van der Waals surface area contributed by atoms with E-state index in [0.717, 1.165) is 13.1 Å². The molecule has 1 atom stereocenters. The monoisotopic (exact) mass is 274 g/mol. The fourth-order valence-electron chi connectivity index (χ4n) is 2.98. The quantitative estimate of drug-likeness (QED) is 0.849. The molecule has 1 aliphatic rings. The van der Waals surface area contributed by atoms with Gasteiger partial charge in [0.05, 0.1) is 0 Å². The summed E-state index contributed by atoms with van der Waals surface area (Å²) >= 11 is 0. The highest BCUT2D eigenvalue weighted by molar-refractivity contribution is 5.24. The minimum Gasteiger partial charge on any atom is -0.313 e. The van der Waals surface area contributed by atoms with Crippen molar-refractivity contribution in [2.75, 3.05) is 19.6 Å². The van der Waals surface area contributed by atoms with Gasteiger partial charge in [0.15, 0.2) is 0 Å². The molecular weight excluding hydrogens is 244 g/mol. The molecule has 1 N–H and O–H groups in total. The average Bonchev–Trinajstić information content (AvgIpc) is 2.46. The van der Waals surface area contributed by atoms with Gasteiger partial charge in [0.2, 0.25) is 0 Å². The molecule has 112 valence electrons.